The van der Waals surface area contributed by atoms with E-state index in [0.29, 0.717) is 25.1 Å². The Kier molecular flexibility index (Phi) is 5.95. The van der Waals surface area contributed by atoms with Crippen LogP contribution in [0.25, 0.3) is 0 Å². The average molecular weight is 299 g/mol. The minimum atomic E-state index is -0.160. The molecule has 3 nitrogen and oxygen atoms in total. The van der Waals surface area contributed by atoms with Gasteiger partial charge in [0.2, 0.25) is 0 Å². The van der Waals surface area contributed by atoms with Crippen LogP contribution in [0, 0.1) is 12.7 Å². The minimum Gasteiger partial charge on any atom is -0.356 e. The highest BCUT2D eigenvalue weighted by atomic mass is 19.1. The molecule has 0 aliphatic heterocycles. The van der Waals surface area contributed by atoms with Crippen LogP contribution in [0.4, 0.5) is 4.39 Å². The molecule has 2 N–H and O–H groups in total. The second kappa shape index (κ2) is 8.17. The lowest BCUT2D eigenvalue weighted by Crippen LogP contribution is -2.37. The summed E-state index contributed by atoms with van der Waals surface area (Å²) in [6.07, 6.45) is 0.623. The van der Waals surface area contributed by atoms with Gasteiger partial charge < -0.3 is 10.6 Å². The summed E-state index contributed by atoms with van der Waals surface area (Å²) in [5, 5.41) is 6.45. The highest BCUT2D eigenvalue weighted by molar-refractivity contribution is 5.79. The Morgan fingerprint density at radius 1 is 1.05 bits per heavy atom. The normalized spacial score (nSPS) is 11.3. The van der Waals surface area contributed by atoms with E-state index in [4.69, 9.17) is 0 Å². The molecule has 0 heterocycles. The highest BCUT2D eigenvalue weighted by Gasteiger charge is 2.02. The monoisotopic (exact) mass is 299 g/mol. The Morgan fingerprint density at radius 2 is 1.77 bits per heavy atom. The Hall–Kier alpha value is -2.36. The number of rotatable bonds is 5. The molecule has 0 spiro atoms. The molecule has 2 aromatic rings. The van der Waals surface area contributed by atoms with Crippen LogP contribution in [0.3, 0.4) is 0 Å². The summed E-state index contributed by atoms with van der Waals surface area (Å²) in [6, 6.07) is 15.2. The Balaban J connectivity index is 1.78. The molecule has 0 bridgehead atoms. The van der Waals surface area contributed by atoms with Gasteiger partial charge in [0.25, 0.3) is 0 Å². The van der Waals surface area contributed by atoms with Crippen molar-refractivity contribution in [3.05, 3.63) is 71.0 Å². The quantitative estimate of drug-likeness (QED) is 0.657. The molecule has 0 fully saturated rings. The second-order valence-corrected chi connectivity index (χ2v) is 5.18. The third-order valence-electron chi connectivity index (χ3n) is 3.45. The lowest BCUT2D eigenvalue weighted by molar-refractivity contribution is 0.606. The number of aliphatic imine (C=N–C) groups is 1. The topological polar surface area (TPSA) is 36.4 Å². The Morgan fingerprint density at radius 3 is 2.45 bits per heavy atom. The van der Waals surface area contributed by atoms with Crippen molar-refractivity contribution in [1.29, 1.82) is 0 Å². The van der Waals surface area contributed by atoms with E-state index in [1.54, 1.807) is 19.2 Å². The van der Waals surface area contributed by atoms with Gasteiger partial charge in [-0.15, -0.1) is 0 Å². The number of halogens is 1. The Bertz CT molecular complexity index is 620. The van der Waals surface area contributed by atoms with Crippen molar-refractivity contribution in [3.8, 4) is 0 Å². The largest absolute Gasteiger partial charge is 0.356 e. The molecule has 116 valence electrons. The third kappa shape index (κ3) is 4.88. The van der Waals surface area contributed by atoms with Gasteiger partial charge in [-0.25, -0.2) is 4.39 Å². The van der Waals surface area contributed by atoms with Gasteiger partial charge in [-0.1, -0.05) is 48.0 Å². The molecule has 2 aromatic carbocycles. The van der Waals surface area contributed by atoms with Crippen LogP contribution in [0.15, 0.2) is 53.5 Å². The van der Waals surface area contributed by atoms with Crippen LogP contribution >= 0.6 is 0 Å². The molecule has 0 radical (unpaired) electrons. The molecule has 0 unspecified atom stereocenters. The van der Waals surface area contributed by atoms with Crippen molar-refractivity contribution in [3.63, 3.8) is 0 Å². The van der Waals surface area contributed by atoms with E-state index in [-0.39, 0.29) is 5.82 Å². The van der Waals surface area contributed by atoms with Gasteiger partial charge in [0, 0.05) is 20.1 Å². The van der Waals surface area contributed by atoms with Gasteiger partial charge >= 0.3 is 0 Å². The standard InChI is InChI=1S/C18H22FN3/c1-14-7-9-15(10-8-14)13-22-18(20-2)21-12-11-16-5-3-4-6-17(16)19/h3-10H,11-13H2,1-2H3,(H2,20,21,22). The van der Waals surface area contributed by atoms with Crippen LogP contribution in [0.2, 0.25) is 0 Å². The molecule has 0 aromatic heterocycles. The molecule has 4 heteroatoms. The molecule has 0 atom stereocenters. The van der Waals surface area contributed by atoms with Crippen LogP contribution < -0.4 is 10.6 Å². The molecular formula is C18H22FN3. The summed E-state index contributed by atoms with van der Waals surface area (Å²) < 4.78 is 13.5. The lowest BCUT2D eigenvalue weighted by Gasteiger charge is -2.12. The first-order chi connectivity index (χ1) is 10.7. The van der Waals surface area contributed by atoms with Gasteiger partial charge in [0.05, 0.1) is 0 Å². The predicted octanol–water partition coefficient (Wildman–Crippen LogP) is 3.04. The van der Waals surface area contributed by atoms with Crippen molar-refractivity contribution in [2.75, 3.05) is 13.6 Å². The van der Waals surface area contributed by atoms with Gasteiger partial charge in [0.1, 0.15) is 5.82 Å². The van der Waals surface area contributed by atoms with E-state index >= 15 is 0 Å². The van der Waals surface area contributed by atoms with Crippen LogP contribution in [-0.2, 0) is 13.0 Å². The molecular weight excluding hydrogens is 277 g/mol. The molecule has 0 amide bonds. The second-order valence-electron chi connectivity index (χ2n) is 5.18. The molecule has 0 saturated heterocycles. The van der Waals surface area contributed by atoms with E-state index in [9.17, 15) is 4.39 Å². The summed E-state index contributed by atoms with van der Waals surface area (Å²) in [5.41, 5.74) is 3.16. The van der Waals surface area contributed by atoms with E-state index < -0.39 is 0 Å². The van der Waals surface area contributed by atoms with Crippen LogP contribution in [-0.4, -0.2) is 19.6 Å². The SMILES string of the molecule is CN=C(NCCc1ccccc1F)NCc1ccc(C)cc1. The molecule has 0 saturated carbocycles. The van der Waals surface area contributed by atoms with Gasteiger partial charge in [-0.2, -0.15) is 0 Å². The van der Waals surface area contributed by atoms with E-state index in [1.165, 1.54) is 17.2 Å². The zero-order chi connectivity index (χ0) is 15.8. The number of hydrogen-bond acceptors (Lipinski definition) is 1. The molecule has 0 aliphatic carbocycles. The minimum absolute atomic E-state index is 0.160. The zero-order valence-corrected chi connectivity index (χ0v) is 13.1. The average Bonchev–Trinajstić information content (AvgIpc) is 2.54. The van der Waals surface area contributed by atoms with Crippen LogP contribution in [0.5, 0.6) is 0 Å². The first kappa shape index (κ1) is 16.0. The first-order valence-electron chi connectivity index (χ1n) is 7.42. The summed E-state index contributed by atoms with van der Waals surface area (Å²) in [7, 11) is 1.73. The smallest absolute Gasteiger partial charge is 0.191 e. The van der Waals surface area contributed by atoms with Crippen LogP contribution in [0.1, 0.15) is 16.7 Å². The van der Waals surface area contributed by atoms with E-state index in [2.05, 4.69) is 46.8 Å². The van der Waals surface area contributed by atoms with Crippen molar-refractivity contribution >= 4 is 5.96 Å². The van der Waals surface area contributed by atoms with E-state index in [1.807, 2.05) is 6.07 Å². The zero-order valence-electron chi connectivity index (χ0n) is 13.1. The third-order valence-corrected chi connectivity index (χ3v) is 3.45. The maximum absolute atomic E-state index is 13.5. The summed E-state index contributed by atoms with van der Waals surface area (Å²) >= 11 is 0. The number of guanidine groups is 1. The maximum atomic E-state index is 13.5. The first-order valence-corrected chi connectivity index (χ1v) is 7.42. The van der Waals surface area contributed by atoms with Gasteiger partial charge in [-0.3, -0.25) is 4.99 Å². The fourth-order valence-electron chi connectivity index (χ4n) is 2.13. The predicted molar refractivity (Wildman–Crippen MR) is 89.5 cm³/mol. The highest BCUT2D eigenvalue weighted by Crippen LogP contribution is 2.06. The van der Waals surface area contributed by atoms with Crippen molar-refractivity contribution in [1.82, 2.24) is 10.6 Å². The number of hydrogen-bond donors (Lipinski definition) is 2. The molecule has 22 heavy (non-hydrogen) atoms. The maximum Gasteiger partial charge on any atom is 0.191 e. The van der Waals surface area contributed by atoms with E-state index in [0.717, 1.165) is 5.96 Å². The summed E-state index contributed by atoms with van der Waals surface area (Å²) in [6.45, 7) is 3.41. The fourth-order valence-corrected chi connectivity index (χ4v) is 2.13. The van der Waals surface area contributed by atoms with Crippen molar-refractivity contribution in [2.24, 2.45) is 4.99 Å². The van der Waals surface area contributed by atoms with Gasteiger partial charge in [-0.05, 0) is 30.5 Å². The number of nitrogens with one attached hydrogen (secondary N) is 2. The fraction of sp³-hybridized carbons (Fsp3) is 0.278. The van der Waals surface area contributed by atoms with Crippen molar-refractivity contribution in [2.45, 2.75) is 19.9 Å². The lowest BCUT2D eigenvalue weighted by atomic mass is 10.1. The summed E-state index contributed by atoms with van der Waals surface area (Å²) in [5.74, 6) is 0.559. The number of benzene rings is 2. The van der Waals surface area contributed by atoms with Crippen molar-refractivity contribution < 1.29 is 4.39 Å². The molecule has 0 aliphatic rings. The molecule has 2 rings (SSSR count). The Labute approximate surface area is 131 Å². The summed E-state index contributed by atoms with van der Waals surface area (Å²) in [4.78, 5) is 4.17. The van der Waals surface area contributed by atoms with Gasteiger partial charge in [0.15, 0.2) is 5.96 Å². The number of nitrogens with zero attached hydrogens (tertiary/aromatic N) is 1. The number of aryl methyl sites for hydroxylation is 1.